The largest absolute Gasteiger partial charge is 0.478 e. The first-order chi connectivity index (χ1) is 15.4. The Morgan fingerprint density at radius 2 is 1.88 bits per heavy atom. The number of fused-ring (bicyclic) bond motifs is 3. The molecule has 2 N–H and O–H groups in total. The average Bonchev–Trinajstić information content (AvgIpc) is 3.05. The molecule has 1 aromatic heterocycles. The Bertz CT molecular complexity index is 1240. The Labute approximate surface area is 190 Å². The van der Waals surface area contributed by atoms with Crippen molar-refractivity contribution < 1.29 is 27.6 Å². The second-order valence-electron chi connectivity index (χ2n) is 9.81. The first-order valence-corrected chi connectivity index (χ1v) is 10.9. The maximum atomic E-state index is 15.5. The van der Waals surface area contributed by atoms with Crippen LogP contribution in [-0.2, 0) is 11.2 Å². The van der Waals surface area contributed by atoms with Crippen LogP contribution in [0.3, 0.4) is 0 Å². The molecule has 0 radical (unpaired) electrons. The number of nitrogens with one attached hydrogen (secondary N) is 1. The van der Waals surface area contributed by atoms with Gasteiger partial charge in [-0.25, -0.2) is 18.0 Å². The summed E-state index contributed by atoms with van der Waals surface area (Å²) in [5.74, 6) is -2.78. The lowest BCUT2D eigenvalue weighted by Crippen LogP contribution is -2.61. The van der Waals surface area contributed by atoms with E-state index in [1.54, 1.807) is 0 Å². The van der Waals surface area contributed by atoms with E-state index < -0.39 is 29.3 Å². The van der Waals surface area contributed by atoms with Crippen LogP contribution in [0.2, 0.25) is 0 Å². The molecule has 1 aliphatic rings. The number of carbonyl (C=O) groups is 1. The summed E-state index contributed by atoms with van der Waals surface area (Å²) < 4.78 is 46.2. The molecule has 0 spiro atoms. The number of aliphatic carboxylic acids is 1. The Balaban J connectivity index is 1.97. The summed E-state index contributed by atoms with van der Waals surface area (Å²) in [6.45, 7) is 5.01. The molecule has 0 saturated heterocycles. The zero-order valence-corrected chi connectivity index (χ0v) is 19.1. The highest BCUT2D eigenvalue weighted by molar-refractivity contribution is 5.86. The fourth-order valence-electron chi connectivity index (χ4n) is 5.35. The van der Waals surface area contributed by atoms with E-state index in [0.717, 1.165) is 40.8 Å². The smallest absolute Gasteiger partial charge is 0.328 e. The molecule has 3 aromatic rings. The molecule has 174 valence electrons. The van der Waals surface area contributed by atoms with Gasteiger partial charge in [-0.2, -0.15) is 0 Å². The minimum Gasteiger partial charge on any atom is -0.478 e. The second kappa shape index (κ2) is 8.06. The predicted molar refractivity (Wildman–Crippen MR) is 123 cm³/mol. The van der Waals surface area contributed by atoms with E-state index in [9.17, 15) is 4.79 Å². The van der Waals surface area contributed by atoms with Crippen LogP contribution in [0.1, 0.15) is 49.2 Å². The molecule has 2 aromatic carbocycles. The maximum Gasteiger partial charge on any atom is 0.328 e. The molecule has 4 rings (SSSR count). The number of carboxylic acid groups (broad SMARTS) is 1. The Kier molecular flexibility index (Phi) is 5.65. The van der Waals surface area contributed by atoms with Crippen LogP contribution in [0, 0.1) is 11.6 Å². The van der Waals surface area contributed by atoms with E-state index in [0.29, 0.717) is 12.1 Å². The first-order valence-electron chi connectivity index (χ1n) is 10.9. The number of hydrogen-bond acceptors (Lipinski definition) is 1. The van der Waals surface area contributed by atoms with Gasteiger partial charge in [0.2, 0.25) is 0 Å². The van der Waals surface area contributed by atoms with Gasteiger partial charge in [0.25, 0.3) is 0 Å². The van der Waals surface area contributed by atoms with Crippen molar-refractivity contribution >= 4 is 22.9 Å². The lowest BCUT2D eigenvalue weighted by molar-refractivity contribution is -0.961. The molecule has 2 heterocycles. The lowest BCUT2D eigenvalue weighted by Gasteiger charge is -2.50. The zero-order chi connectivity index (χ0) is 24.1. The molecule has 0 saturated carbocycles. The van der Waals surface area contributed by atoms with Gasteiger partial charge in [-0.3, -0.25) is 0 Å². The fourth-order valence-corrected chi connectivity index (χ4v) is 5.35. The number of para-hydroxylation sites is 1. The van der Waals surface area contributed by atoms with Gasteiger partial charge in [-0.15, -0.1) is 0 Å². The Morgan fingerprint density at radius 1 is 1.24 bits per heavy atom. The number of likely N-dealkylation sites (N-methyl/N-ethyl adjacent to an activating group) is 1. The van der Waals surface area contributed by atoms with Crippen molar-refractivity contribution in [3.05, 3.63) is 76.5 Å². The first kappa shape index (κ1) is 23.1. The highest BCUT2D eigenvalue weighted by Crippen LogP contribution is 2.47. The van der Waals surface area contributed by atoms with Crippen molar-refractivity contribution in [1.82, 2.24) is 4.98 Å². The number of alkyl halides is 1. The third-order valence-corrected chi connectivity index (χ3v) is 6.73. The molecule has 33 heavy (non-hydrogen) atoms. The van der Waals surface area contributed by atoms with Gasteiger partial charge in [-0.05, 0) is 56.2 Å². The van der Waals surface area contributed by atoms with Gasteiger partial charge in [0, 0.05) is 23.4 Å². The summed E-state index contributed by atoms with van der Waals surface area (Å²) >= 11 is 0. The molecule has 3 unspecified atom stereocenters. The number of H-pyrrole nitrogens is 1. The molecule has 0 amide bonds. The topological polar surface area (TPSA) is 53.1 Å². The van der Waals surface area contributed by atoms with E-state index in [4.69, 9.17) is 5.11 Å². The van der Waals surface area contributed by atoms with Crippen LogP contribution in [0.4, 0.5) is 13.2 Å². The Morgan fingerprint density at radius 3 is 2.48 bits per heavy atom. The van der Waals surface area contributed by atoms with Gasteiger partial charge >= 0.3 is 5.97 Å². The van der Waals surface area contributed by atoms with Crippen molar-refractivity contribution in [2.24, 2.45) is 0 Å². The number of hydrogen-bond donors (Lipinski definition) is 2. The van der Waals surface area contributed by atoms with E-state index >= 15 is 13.2 Å². The van der Waals surface area contributed by atoms with E-state index in [1.807, 2.05) is 38.2 Å². The van der Waals surface area contributed by atoms with Crippen molar-refractivity contribution in [1.29, 1.82) is 0 Å². The molecule has 1 aliphatic heterocycles. The summed E-state index contributed by atoms with van der Waals surface area (Å²) in [6, 6.07) is 9.07. The van der Waals surface area contributed by atoms with Gasteiger partial charge in [0.15, 0.2) is 11.7 Å². The number of benzene rings is 2. The molecular formula is C26H28F3N2O2+. The van der Waals surface area contributed by atoms with Gasteiger partial charge in [0.1, 0.15) is 18.2 Å². The van der Waals surface area contributed by atoms with Crippen molar-refractivity contribution in [3.8, 4) is 0 Å². The fraction of sp³-hybridized carbons (Fsp3) is 0.346. The maximum absolute atomic E-state index is 15.5. The zero-order valence-electron chi connectivity index (χ0n) is 19.1. The van der Waals surface area contributed by atoms with E-state index in [2.05, 4.69) is 4.98 Å². The molecule has 0 bridgehead atoms. The number of rotatable bonds is 5. The standard InChI is InChI=1S/C26H27F3N2O2/c1-15-11-18-17-7-5-6-8-21(17)30-24(18)25(31(15,4)14-26(2,3)29)23-19(27)12-16(13-20(23)28)9-10-22(32)33/h5-10,12-13,15,25,30H,11,14H2,1-4H3/p+1. The van der Waals surface area contributed by atoms with E-state index in [1.165, 1.54) is 13.8 Å². The summed E-state index contributed by atoms with van der Waals surface area (Å²) in [7, 11) is 1.85. The minimum absolute atomic E-state index is 0.0627. The second-order valence-corrected chi connectivity index (χ2v) is 9.81. The van der Waals surface area contributed by atoms with Crippen LogP contribution in [-0.4, -0.2) is 45.8 Å². The molecule has 4 nitrogen and oxygen atoms in total. The summed E-state index contributed by atoms with van der Waals surface area (Å²) in [5.41, 5.74) is 0.943. The van der Waals surface area contributed by atoms with Crippen molar-refractivity contribution in [2.45, 2.75) is 44.9 Å². The van der Waals surface area contributed by atoms with Gasteiger partial charge < -0.3 is 14.6 Å². The Hall–Kier alpha value is -3.06. The molecule has 0 aliphatic carbocycles. The van der Waals surface area contributed by atoms with E-state index in [-0.39, 0.29) is 28.2 Å². The van der Waals surface area contributed by atoms with Crippen LogP contribution in [0.15, 0.2) is 42.5 Å². The third kappa shape index (κ3) is 4.17. The summed E-state index contributed by atoms with van der Waals surface area (Å²) in [4.78, 5) is 14.2. The van der Waals surface area contributed by atoms with Crippen molar-refractivity contribution in [2.75, 3.05) is 13.6 Å². The van der Waals surface area contributed by atoms with Crippen LogP contribution in [0.5, 0.6) is 0 Å². The van der Waals surface area contributed by atoms with Crippen LogP contribution < -0.4 is 0 Å². The third-order valence-electron chi connectivity index (χ3n) is 6.73. The summed E-state index contributed by atoms with van der Waals surface area (Å²) in [5, 5.41) is 9.84. The number of aromatic nitrogens is 1. The monoisotopic (exact) mass is 457 g/mol. The predicted octanol–water partition coefficient (Wildman–Crippen LogP) is 5.77. The van der Waals surface area contributed by atoms with Gasteiger partial charge in [0.05, 0.1) is 24.3 Å². The quantitative estimate of drug-likeness (QED) is 0.377. The molecular weight excluding hydrogens is 429 g/mol. The summed E-state index contributed by atoms with van der Waals surface area (Å²) in [6.07, 6.45) is 2.62. The normalized spacial score (nSPS) is 23.2. The number of aromatic amines is 1. The highest BCUT2D eigenvalue weighted by Gasteiger charge is 2.51. The number of nitrogens with zero attached hydrogens (tertiary/aromatic N) is 1. The molecule has 0 fully saturated rings. The van der Waals surface area contributed by atoms with Crippen LogP contribution >= 0.6 is 0 Å². The molecule has 3 atom stereocenters. The SMILES string of the molecule is CC1Cc2c([nH]c3ccccc23)C(c2c(F)cc(C=CC(=O)O)cc2F)[N+]1(C)CC(C)(C)F. The molecule has 7 heteroatoms. The minimum atomic E-state index is -1.57. The highest BCUT2D eigenvalue weighted by atomic mass is 19.1. The van der Waals surface area contributed by atoms with Crippen molar-refractivity contribution in [3.63, 3.8) is 0 Å². The average molecular weight is 458 g/mol. The van der Waals surface area contributed by atoms with Gasteiger partial charge in [-0.1, -0.05) is 18.2 Å². The lowest BCUT2D eigenvalue weighted by atomic mass is 9.84. The number of quaternary nitrogens is 1. The number of carboxylic acids is 1. The number of halogens is 3. The van der Waals surface area contributed by atoms with Crippen LogP contribution in [0.25, 0.3) is 17.0 Å².